The summed E-state index contributed by atoms with van der Waals surface area (Å²) in [4.78, 5) is 0. The van der Waals surface area contributed by atoms with Gasteiger partial charge in [0, 0.05) is 53.1 Å². The van der Waals surface area contributed by atoms with Crippen molar-refractivity contribution in [3.05, 3.63) is 24.3 Å². The maximum Gasteiger partial charge on any atom is 0.00443 e. The second kappa shape index (κ2) is 209. The van der Waals surface area contributed by atoms with Crippen LogP contribution in [-0.4, -0.2) is 62.3 Å². The smallest absolute Gasteiger partial charge is 0.00443 e. The Morgan fingerprint density at radius 2 is 0.319 bits per heavy atom. The molecule has 10 heteroatoms. The van der Waals surface area contributed by atoms with Gasteiger partial charge in [-0.05, 0) is 149 Å². The second-order valence-corrected chi connectivity index (χ2v) is 37.9. The molecule has 2 unspecified atom stereocenters. The Balaban J connectivity index is -0.0000000388. The zero-order valence-corrected chi connectivity index (χ0v) is 96.9. The summed E-state index contributed by atoms with van der Waals surface area (Å²) < 4.78 is 0. The van der Waals surface area contributed by atoms with E-state index in [1.807, 2.05) is 0 Å². The molecule has 0 radical (unpaired) electrons. The number of hydrogen-bond acceptors (Lipinski definition) is 9. The monoisotopic (exact) mass is 2010 g/mol. The van der Waals surface area contributed by atoms with Crippen LogP contribution in [-0.2, 0) is 21.1 Å². The van der Waals surface area contributed by atoms with Crippen molar-refractivity contribution in [3.8, 4) is 0 Å². The SMILES string of the molecule is CCC=CCC.CCC=CCC.CCCCCC.CCCCCC.CCCCCC.CCCCCC.CCCCCC.CCCCCCC.CCCCCS.CCCCCS.CCCCCS.CCCCCS.CCCCCS.CCCCCSC(CC)CCC.CCCCCSC(CC)CCC.CCCCCSSCCCCC.[HH].[HH].[HH].[HH].[HH].[HH].[HH].[Pt]. The van der Waals surface area contributed by atoms with Crippen LogP contribution >= 0.6 is 108 Å². The van der Waals surface area contributed by atoms with Gasteiger partial charge < -0.3 is 0 Å². The fourth-order valence-corrected chi connectivity index (χ4v) is 15.3. The quantitative estimate of drug-likeness (QED) is 0.0178. The molecule has 0 aliphatic heterocycles. The third-order valence-electron chi connectivity index (χ3n) is 17.2. The molecule has 0 N–H and O–H groups in total. The Bertz CT molecular complexity index is 1030. The predicted octanol–water partition coefficient (Wildman–Crippen LogP) is 46.6. The van der Waals surface area contributed by atoms with E-state index in [1.165, 1.54) is 421 Å². The number of hydrogen-bond donors (Lipinski definition) is 5. The normalized spacial score (nSPS) is 10.1. The first kappa shape index (κ1) is 160. The number of rotatable bonds is 63. The minimum absolute atomic E-state index is 0. The van der Waals surface area contributed by atoms with Gasteiger partial charge in [0.25, 0.3) is 0 Å². The van der Waals surface area contributed by atoms with E-state index in [1.54, 1.807) is 0 Å². The Labute approximate surface area is 817 Å². The van der Waals surface area contributed by atoms with Crippen molar-refractivity contribution in [2.75, 3.05) is 51.8 Å². The Morgan fingerprint density at radius 3 is 0.440 bits per heavy atom. The van der Waals surface area contributed by atoms with Crippen LogP contribution < -0.4 is 0 Å². The Hall–Kier alpha value is 3.32. The molecule has 0 aliphatic carbocycles. The molecule has 0 saturated carbocycles. The number of allylic oxidation sites excluding steroid dienone is 4. The molecule has 0 aromatic carbocycles. The third-order valence-corrected chi connectivity index (χ3v) is 24.4. The van der Waals surface area contributed by atoms with Crippen molar-refractivity contribution >= 4 is 108 Å². The summed E-state index contributed by atoms with van der Waals surface area (Å²) in [5.74, 6) is 10.7. The van der Waals surface area contributed by atoms with E-state index in [0.717, 1.165) is 39.3 Å². The Kier molecular flexibility index (Phi) is 287. The first-order valence-electron chi connectivity index (χ1n) is 51.8. The molecule has 0 rings (SSSR count). The van der Waals surface area contributed by atoms with Gasteiger partial charge in [-0.2, -0.15) is 86.7 Å². The zero-order valence-electron chi connectivity index (χ0n) is 86.9. The van der Waals surface area contributed by atoms with E-state index >= 15 is 0 Å². The number of unbranched alkanes of at least 4 members (excludes halogenated alkanes) is 37. The van der Waals surface area contributed by atoms with E-state index in [9.17, 15) is 0 Å². The van der Waals surface area contributed by atoms with Gasteiger partial charge in [0.1, 0.15) is 0 Å². The van der Waals surface area contributed by atoms with E-state index < -0.39 is 0 Å². The number of thioether (sulfide) groups is 2. The van der Waals surface area contributed by atoms with Crippen molar-refractivity contribution in [3.63, 3.8) is 0 Å². The molecule has 0 bridgehead atoms. The van der Waals surface area contributed by atoms with Gasteiger partial charge in [0.05, 0.1) is 0 Å². The van der Waals surface area contributed by atoms with E-state index in [2.05, 4.69) is 333 Å². The molecule has 0 aliphatic rings. The minimum atomic E-state index is 0. The van der Waals surface area contributed by atoms with Crippen molar-refractivity contribution < 1.29 is 31.1 Å². The van der Waals surface area contributed by atoms with Crippen LogP contribution in [0.1, 0.15) is 609 Å². The van der Waals surface area contributed by atoms with E-state index in [0.29, 0.717) is 0 Å². The fourth-order valence-electron chi connectivity index (χ4n) is 9.25. The van der Waals surface area contributed by atoms with Gasteiger partial charge in [-0.1, -0.05) is 536 Å². The fraction of sp³-hybridized carbons (Fsp3) is 0.962. The summed E-state index contributed by atoms with van der Waals surface area (Å²) in [5, 5.41) is 1.87. The minimum Gasteiger partial charge on any atom is -0.179 e. The molecular weight excluding hydrogens is 1760 g/mol. The van der Waals surface area contributed by atoms with Gasteiger partial charge in [-0.25, -0.2) is 0 Å². The molecule has 0 nitrogen and oxygen atoms in total. The van der Waals surface area contributed by atoms with Gasteiger partial charge in [0.2, 0.25) is 0 Å². The summed E-state index contributed by atoms with van der Waals surface area (Å²) >= 11 is 24.6. The summed E-state index contributed by atoms with van der Waals surface area (Å²) in [5.41, 5.74) is 0. The first-order chi connectivity index (χ1) is 56.0. The zero-order chi connectivity index (χ0) is 91.0. The molecular formula is C106H254PtS9. The van der Waals surface area contributed by atoms with Crippen LogP contribution in [0.2, 0.25) is 0 Å². The molecule has 0 spiro atoms. The van der Waals surface area contributed by atoms with Crippen LogP contribution in [0, 0.1) is 0 Å². The molecule has 0 fully saturated rings. The first-order valence-corrected chi connectivity index (χ1v) is 59.6. The molecule has 0 heterocycles. The summed E-state index contributed by atoms with van der Waals surface area (Å²) in [6, 6.07) is 0. The average Bonchev–Trinajstić information content (AvgIpc) is 1.04. The summed E-state index contributed by atoms with van der Waals surface area (Å²) in [6.07, 6.45) is 92.6. The largest absolute Gasteiger partial charge is 0.179 e. The van der Waals surface area contributed by atoms with Crippen molar-refractivity contribution in [1.82, 2.24) is 0 Å². The molecule has 742 valence electrons. The van der Waals surface area contributed by atoms with E-state index in [-0.39, 0.29) is 31.1 Å². The number of thiol groups is 5. The molecule has 116 heavy (non-hydrogen) atoms. The van der Waals surface area contributed by atoms with Crippen molar-refractivity contribution in [2.45, 2.75) is 609 Å². The molecule has 0 amide bonds. The van der Waals surface area contributed by atoms with Gasteiger partial charge in [-0.3, -0.25) is 0 Å². The summed E-state index contributed by atoms with van der Waals surface area (Å²) in [7, 11) is 4.12. The van der Waals surface area contributed by atoms with Gasteiger partial charge in [0.15, 0.2) is 0 Å². The van der Waals surface area contributed by atoms with Crippen LogP contribution in [0.25, 0.3) is 0 Å². The van der Waals surface area contributed by atoms with Crippen LogP contribution in [0.5, 0.6) is 0 Å². The molecule has 0 aromatic heterocycles. The van der Waals surface area contributed by atoms with Crippen molar-refractivity contribution in [1.29, 1.82) is 0 Å². The maximum absolute atomic E-state index is 4.05. The van der Waals surface area contributed by atoms with Gasteiger partial charge in [-0.15, -0.1) is 0 Å². The summed E-state index contributed by atoms with van der Waals surface area (Å²) in [6.45, 7) is 64.6. The average molecular weight is 2010 g/mol. The predicted molar refractivity (Wildman–Crippen MR) is 611 cm³/mol. The van der Waals surface area contributed by atoms with Crippen LogP contribution in [0.4, 0.5) is 0 Å². The third kappa shape index (κ3) is 287. The van der Waals surface area contributed by atoms with Crippen LogP contribution in [0.3, 0.4) is 0 Å². The van der Waals surface area contributed by atoms with Gasteiger partial charge >= 0.3 is 0 Å². The van der Waals surface area contributed by atoms with Crippen LogP contribution in [0.15, 0.2) is 24.3 Å². The second-order valence-electron chi connectivity index (χ2n) is 30.2. The standard InChI is InChI=1S/2C11H24S.C10H22S2.C7H16.5C6H14.2C6H12.5C5H12S.Pt.7H2/c2*1-4-7-8-10-12-11(6-3)9-5-2;1-3-5-7-9-11-12-10-8-6-4-2;1-3-5-7-6-4-2;7*1-3-5-6-4-2;5*1-2-3-4-5-6;;;;;;;;/h2*11H,4-10H2,1-3H3;3-10H2,1-2H3;3-7H2,1-2H3;5*3-6H2,1-2H3;2*5-6H,3-4H2,1-2H3;5*6H,2-5H2,1H3;;7*1H. The molecule has 0 aromatic rings. The Morgan fingerprint density at radius 1 is 0.181 bits per heavy atom. The van der Waals surface area contributed by atoms with E-state index in [4.69, 9.17) is 0 Å². The topological polar surface area (TPSA) is 0 Å². The maximum atomic E-state index is 4.05. The van der Waals surface area contributed by atoms with Crippen molar-refractivity contribution in [2.24, 2.45) is 0 Å². The molecule has 0 saturated heterocycles. The molecule has 2 atom stereocenters.